The molecule has 7 fully saturated rings. The predicted molar refractivity (Wildman–Crippen MR) is 124 cm³/mol. The Labute approximate surface area is 223 Å². The van der Waals surface area contributed by atoms with Crippen molar-refractivity contribution in [1.29, 1.82) is 0 Å². The fourth-order valence-corrected chi connectivity index (χ4v) is 9.04. The molecule has 0 aromatic carbocycles. The van der Waals surface area contributed by atoms with Gasteiger partial charge < -0.3 is 19.5 Å². The van der Waals surface area contributed by atoms with E-state index in [1.807, 2.05) is 0 Å². The van der Waals surface area contributed by atoms with E-state index in [9.17, 15) is 36.4 Å². The van der Waals surface area contributed by atoms with Gasteiger partial charge >= 0.3 is 33.3 Å². The van der Waals surface area contributed by atoms with Crippen molar-refractivity contribution in [3.63, 3.8) is 0 Å². The quantitative estimate of drug-likeness (QED) is 0.234. The van der Waals surface area contributed by atoms with Crippen LogP contribution in [0.15, 0.2) is 0 Å². The first-order valence-corrected chi connectivity index (χ1v) is 14.9. The molecule has 39 heavy (non-hydrogen) atoms. The zero-order valence-electron chi connectivity index (χ0n) is 21.1. The first-order valence-electron chi connectivity index (χ1n) is 13.5. The molecule has 6 saturated carbocycles. The summed E-state index contributed by atoms with van der Waals surface area (Å²) in [5, 5.41) is -2.15. The first kappa shape index (κ1) is 26.9. The van der Waals surface area contributed by atoms with E-state index in [2.05, 4.69) is 10.1 Å². The maximum absolute atomic E-state index is 13.6. The highest BCUT2D eigenvalue weighted by atomic mass is 32.2. The largest absolute Gasteiger partial charge is 0.458 e. The normalized spacial score (nSPS) is 41.4. The molecule has 11 nitrogen and oxygen atoms in total. The molecule has 1 heterocycles. The molecular formula is C25H31F2NO10S. The minimum atomic E-state index is -5.75. The number of halogens is 2. The molecule has 0 aromatic rings. The number of fused-ring (bicyclic) bond motifs is 1. The minimum absolute atomic E-state index is 0.248. The topological polar surface area (TPSA) is 162 Å². The van der Waals surface area contributed by atoms with Crippen LogP contribution in [0.3, 0.4) is 0 Å². The third-order valence-corrected chi connectivity index (χ3v) is 10.8. The SMILES string of the molecule is O=C(CCNC(=O)C1C2CC3C(OC(=O)C31)C2OC(=O)C12CC3CC(CC(C3)C1)C2)OCC(F)(F)S(=O)(=O)O. The Bertz CT molecular complexity index is 1170. The third-order valence-electron chi connectivity index (χ3n) is 9.97. The van der Waals surface area contributed by atoms with E-state index in [4.69, 9.17) is 14.0 Å². The highest BCUT2D eigenvalue weighted by Crippen LogP contribution is 2.62. The lowest BCUT2D eigenvalue weighted by Gasteiger charge is -2.55. The molecule has 7 aliphatic rings. The second kappa shape index (κ2) is 9.08. The molecule has 6 aliphatic carbocycles. The van der Waals surface area contributed by atoms with Crippen LogP contribution >= 0.6 is 0 Å². The van der Waals surface area contributed by atoms with Gasteiger partial charge in [0.15, 0.2) is 6.61 Å². The maximum atomic E-state index is 13.6. The summed E-state index contributed by atoms with van der Waals surface area (Å²) in [6.45, 7) is -2.18. The van der Waals surface area contributed by atoms with Crippen LogP contribution in [0.4, 0.5) is 8.78 Å². The van der Waals surface area contributed by atoms with Crippen LogP contribution in [0.1, 0.15) is 51.4 Å². The van der Waals surface area contributed by atoms with E-state index < -0.39 is 81.6 Å². The van der Waals surface area contributed by atoms with Gasteiger partial charge in [-0.25, -0.2) is 0 Å². The monoisotopic (exact) mass is 575 g/mol. The Morgan fingerprint density at radius 3 is 2.26 bits per heavy atom. The number of hydrogen-bond donors (Lipinski definition) is 2. The summed E-state index contributed by atoms with van der Waals surface area (Å²) in [5.74, 6) is -3.08. The average Bonchev–Trinajstić information content (AvgIpc) is 3.45. The minimum Gasteiger partial charge on any atom is -0.458 e. The van der Waals surface area contributed by atoms with Crippen molar-refractivity contribution in [2.24, 2.45) is 46.8 Å². The van der Waals surface area contributed by atoms with Crippen LogP contribution in [0.25, 0.3) is 0 Å². The van der Waals surface area contributed by atoms with Gasteiger partial charge in [0.05, 0.1) is 23.7 Å². The summed E-state index contributed by atoms with van der Waals surface area (Å²) in [6.07, 6.45) is 4.62. The standard InChI is InChI=1S/C25H31F2NO10S/c26-25(27,39(33,34)35)10-36-16(29)1-2-28-21(30)17-14-6-15-18(17)22(31)37-19(15)20(14)38-23(32)24-7-11-3-12(8-24)5-13(4-11)9-24/h11-15,17-20H,1-10H2,(H,28,30)(H,33,34,35). The van der Waals surface area contributed by atoms with Crippen molar-refractivity contribution in [3.8, 4) is 0 Å². The van der Waals surface area contributed by atoms with E-state index in [1.165, 1.54) is 19.3 Å². The molecule has 7 rings (SSSR count). The first-order chi connectivity index (χ1) is 18.3. The molecule has 6 bridgehead atoms. The predicted octanol–water partition coefficient (Wildman–Crippen LogP) is 1.45. The van der Waals surface area contributed by atoms with Crippen molar-refractivity contribution in [3.05, 3.63) is 0 Å². The van der Waals surface area contributed by atoms with Crippen LogP contribution in [0.5, 0.6) is 0 Å². The Hall–Kier alpha value is -2.35. The van der Waals surface area contributed by atoms with Crippen molar-refractivity contribution in [1.82, 2.24) is 5.32 Å². The van der Waals surface area contributed by atoms with Gasteiger partial charge in [0, 0.05) is 18.4 Å². The molecule has 1 aliphatic heterocycles. The highest BCUT2D eigenvalue weighted by molar-refractivity contribution is 7.86. The van der Waals surface area contributed by atoms with Crippen molar-refractivity contribution in [2.75, 3.05) is 13.2 Å². The van der Waals surface area contributed by atoms with E-state index in [-0.39, 0.29) is 18.4 Å². The molecule has 0 aromatic heterocycles. The number of hydrogen-bond acceptors (Lipinski definition) is 9. The number of amides is 1. The zero-order chi connectivity index (χ0) is 27.9. The van der Waals surface area contributed by atoms with Gasteiger partial charge in [0.25, 0.3) is 0 Å². The van der Waals surface area contributed by atoms with Gasteiger partial charge in [-0.05, 0) is 62.7 Å². The molecule has 6 atom stereocenters. The number of rotatable bonds is 9. The molecule has 0 spiro atoms. The van der Waals surface area contributed by atoms with Gasteiger partial charge in [-0.3, -0.25) is 23.7 Å². The maximum Gasteiger partial charge on any atom is 0.402 e. The molecule has 0 radical (unpaired) electrons. The molecule has 6 unspecified atom stereocenters. The van der Waals surface area contributed by atoms with Crippen LogP contribution in [0.2, 0.25) is 0 Å². The van der Waals surface area contributed by atoms with E-state index in [0.717, 1.165) is 19.3 Å². The van der Waals surface area contributed by atoms with Gasteiger partial charge in [0.1, 0.15) is 12.2 Å². The van der Waals surface area contributed by atoms with Crippen molar-refractivity contribution < 1.29 is 55.1 Å². The van der Waals surface area contributed by atoms with E-state index in [1.54, 1.807) is 0 Å². The summed E-state index contributed by atoms with van der Waals surface area (Å²) < 4.78 is 72.0. The Morgan fingerprint density at radius 1 is 1.05 bits per heavy atom. The summed E-state index contributed by atoms with van der Waals surface area (Å²) in [7, 11) is -5.75. The Kier molecular flexibility index (Phi) is 6.25. The van der Waals surface area contributed by atoms with Gasteiger partial charge in [-0.1, -0.05) is 0 Å². The van der Waals surface area contributed by atoms with E-state index >= 15 is 0 Å². The number of carbonyl (C=O) groups excluding carboxylic acids is 4. The molecule has 14 heteroatoms. The van der Waals surface area contributed by atoms with Gasteiger partial charge in [-0.15, -0.1) is 0 Å². The Morgan fingerprint density at radius 2 is 1.67 bits per heavy atom. The lowest BCUT2D eigenvalue weighted by atomic mass is 9.49. The van der Waals surface area contributed by atoms with Crippen LogP contribution < -0.4 is 5.32 Å². The fraction of sp³-hybridized carbons (Fsp3) is 0.840. The van der Waals surface area contributed by atoms with Gasteiger partial charge in [-0.2, -0.15) is 17.2 Å². The average molecular weight is 576 g/mol. The van der Waals surface area contributed by atoms with Crippen molar-refractivity contribution >= 4 is 33.9 Å². The lowest BCUT2D eigenvalue weighted by molar-refractivity contribution is -0.186. The third kappa shape index (κ3) is 4.41. The van der Waals surface area contributed by atoms with E-state index in [0.29, 0.717) is 24.2 Å². The number of ether oxygens (including phenoxy) is 3. The van der Waals surface area contributed by atoms with Crippen LogP contribution in [-0.4, -0.2) is 67.4 Å². The van der Waals surface area contributed by atoms with Crippen LogP contribution in [-0.2, 0) is 43.5 Å². The highest BCUT2D eigenvalue weighted by Gasteiger charge is 2.70. The van der Waals surface area contributed by atoms with Crippen LogP contribution in [0, 0.1) is 46.8 Å². The summed E-state index contributed by atoms with van der Waals surface area (Å²) in [6, 6.07) is 0. The smallest absolute Gasteiger partial charge is 0.402 e. The molecular weight excluding hydrogens is 544 g/mol. The summed E-state index contributed by atoms with van der Waals surface area (Å²) in [5.41, 5.74) is -0.497. The second-order valence-corrected chi connectivity index (χ2v) is 13.9. The van der Waals surface area contributed by atoms with Crippen molar-refractivity contribution in [2.45, 2.75) is 68.8 Å². The molecule has 2 N–H and O–H groups in total. The fourth-order valence-electron chi connectivity index (χ4n) is 8.83. The number of carbonyl (C=O) groups is 4. The molecule has 1 saturated heterocycles. The summed E-state index contributed by atoms with van der Waals surface area (Å²) >= 11 is 0. The lowest BCUT2D eigenvalue weighted by Crippen LogP contribution is -2.53. The second-order valence-electron chi connectivity index (χ2n) is 12.4. The number of esters is 3. The molecule has 216 valence electrons. The Balaban J connectivity index is 1.06. The summed E-state index contributed by atoms with van der Waals surface area (Å²) in [4.78, 5) is 51.1. The molecule has 1 amide bonds. The zero-order valence-corrected chi connectivity index (χ0v) is 21.9. The number of nitrogens with one attached hydrogen (secondary N) is 1. The number of alkyl halides is 2. The van der Waals surface area contributed by atoms with Gasteiger partial charge in [0.2, 0.25) is 5.91 Å².